The van der Waals surface area contributed by atoms with E-state index in [-0.39, 0.29) is 5.82 Å². The van der Waals surface area contributed by atoms with Crippen molar-refractivity contribution >= 4 is 0 Å². The van der Waals surface area contributed by atoms with E-state index in [1.807, 2.05) is 0 Å². The molecule has 0 spiro atoms. The van der Waals surface area contributed by atoms with Crippen LogP contribution in [0.1, 0.15) is 25.7 Å². The second-order valence-corrected chi connectivity index (χ2v) is 4.15. The fourth-order valence-corrected chi connectivity index (χ4v) is 1.80. The Balaban J connectivity index is 2.67. The number of aromatic nitrogens is 4. The molecule has 1 heterocycles. The van der Waals surface area contributed by atoms with Crippen molar-refractivity contribution in [2.45, 2.75) is 19.9 Å². The van der Waals surface area contributed by atoms with Crippen molar-refractivity contribution < 1.29 is 22.0 Å². The maximum Gasteiger partial charge on any atom is 0.200 e. The first kappa shape index (κ1) is 15.3. The summed E-state index contributed by atoms with van der Waals surface area (Å²) in [6, 6.07) is -0.556. The van der Waals surface area contributed by atoms with Gasteiger partial charge in [0.2, 0.25) is 5.82 Å². The summed E-state index contributed by atoms with van der Waals surface area (Å²) in [6.45, 7) is 3.84. The number of nitrogens with one attached hydrogen (secondary N) is 1. The Kier molecular flexibility index (Phi) is 4.16. The molecule has 5 nitrogen and oxygen atoms in total. The molecule has 0 saturated carbocycles. The van der Waals surface area contributed by atoms with Gasteiger partial charge in [0, 0.05) is 0 Å². The molecule has 21 heavy (non-hydrogen) atoms. The molecule has 10 heteroatoms. The molecule has 1 atom stereocenters. The summed E-state index contributed by atoms with van der Waals surface area (Å²) in [6.07, 6.45) is 0. The van der Waals surface area contributed by atoms with E-state index in [2.05, 4.69) is 20.8 Å². The second kappa shape index (κ2) is 5.72. The van der Waals surface area contributed by atoms with E-state index < -0.39 is 40.8 Å². The van der Waals surface area contributed by atoms with Crippen LogP contribution in [-0.4, -0.2) is 26.8 Å². The first-order valence-corrected chi connectivity index (χ1v) is 5.93. The average molecular weight is 307 g/mol. The number of hydrogen-bond acceptors (Lipinski definition) is 4. The summed E-state index contributed by atoms with van der Waals surface area (Å²) < 4.78 is 67.4. The van der Waals surface area contributed by atoms with Crippen LogP contribution in [0, 0.1) is 29.1 Å². The maximum absolute atomic E-state index is 13.7. The Morgan fingerprint density at radius 2 is 1.52 bits per heavy atom. The van der Waals surface area contributed by atoms with Gasteiger partial charge in [-0.3, -0.25) is 0 Å². The van der Waals surface area contributed by atoms with Gasteiger partial charge in [-0.15, -0.1) is 5.10 Å². The number of nitrogens with zero attached hydrogens (tertiary/aromatic N) is 4. The number of rotatable bonds is 4. The van der Waals surface area contributed by atoms with Crippen LogP contribution in [0.2, 0.25) is 0 Å². The van der Waals surface area contributed by atoms with Crippen molar-refractivity contribution in [1.82, 2.24) is 25.5 Å². The summed E-state index contributed by atoms with van der Waals surface area (Å²) in [4.78, 5) is 0. The molecule has 1 aromatic carbocycles. The van der Waals surface area contributed by atoms with Crippen LogP contribution in [0.5, 0.6) is 0 Å². The van der Waals surface area contributed by atoms with Crippen molar-refractivity contribution in [3.8, 4) is 5.69 Å². The number of tetrazole rings is 1. The van der Waals surface area contributed by atoms with Gasteiger partial charge in [-0.05, 0) is 23.9 Å². The molecule has 0 radical (unpaired) electrons. The molecule has 0 amide bonds. The summed E-state index contributed by atoms with van der Waals surface area (Å²) in [5.41, 5.74) is -1.21. The third-order valence-corrected chi connectivity index (χ3v) is 2.79. The Hall–Kier alpha value is -2.10. The normalized spacial score (nSPS) is 12.7. The molecule has 0 fully saturated rings. The molecular formula is C11H10F5N5. The molecule has 1 N–H and O–H groups in total. The molecule has 2 aromatic rings. The fourth-order valence-electron chi connectivity index (χ4n) is 1.80. The summed E-state index contributed by atoms with van der Waals surface area (Å²) in [7, 11) is 0. The average Bonchev–Trinajstić information content (AvgIpc) is 2.93. The van der Waals surface area contributed by atoms with E-state index in [1.165, 1.54) is 0 Å². The Morgan fingerprint density at radius 1 is 1.00 bits per heavy atom. The van der Waals surface area contributed by atoms with Gasteiger partial charge in [0.15, 0.2) is 29.1 Å². The fraction of sp³-hybridized carbons (Fsp3) is 0.364. The van der Waals surface area contributed by atoms with Gasteiger partial charge in [-0.1, -0.05) is 6.92 Å². The van der Waals surface area contributed by atoms with Gasteiger partial charge >= 0.3 is 0 Å². The van der Waals surface area contributed by atoms with Crippen molar-refractivity contribution in [2.75, 3.05) is 6.54 Å². The van der Waals surface area contributed by atoms with E-state index in [4.69, 9.17) is 0 Å². The Bertz CT molecular complexity index is 642. The number of hydrogen-bond donors (Lipinski definition) is 1. The highest BCUT2D eigenvalue weighted by molar-refractivity contribution is 5.37. The molecule has 0 aliphatic rings. The zero-order valence-corrected chi connectivity index (χ0v) is 11.0. The van der Waals surface area contributed by atoms with Crippen molar-refractivity contribution in [2.24, 2.45) is 0 Å². The topological polar surface area (TPSA) is 55.6 Å². The highest BCUT2D eigenvalue weighted by Gasteiger charge is 2.29. The minimum atomic E-state index is -2.23. The lowest BCUT2D eigenvalue weighted by atomic mass is 10.2. The first-order chi connectivity index (χ1) is 9.90. The third-order valence-electron chi connectivity index (χ3n) is 2.79. The van der Waals surface area contributed by atoms with Gasteiger partial charge in [-0.25, -0.2) is 22.0 Å². The second-order valence-electron chi connectivity index (χ2n) is 4.15. The van der Waals surface area contributed by atoms with E-state index in [0.717, 1.165) is 0 Å². The first-order valence-electron chi connectivity index (χ1n) is 5.93. The molecule has 0 bridgehead atoms. The van der Waals surface area contributed by atoms with E-state index in [1.54, 1.807) is 13.8 Å². The Labute approximate surface area is 115 Å². The van der Waals surface area contributed by atoms with Gasteiger partial charge in [0.1, 0.15) is 5.69 Å². The lowest BCUT2D eigenvalue weighted by molar-refractivity contribution is 0.371. The molecule has 0 aliphatic heterocycles. The highest BCUT2D eigenvalue weighted by atomic mass is 19.2. The minimum Gasteiger partial charge on any atom is -0.308 e. The predicted octanol–water partition coefficient (Wildman–Crippen LogP) is 2.03. The van der Waals surface area contributed by atoms with Crippen LogP contribution in [-0.2, 0) is 0 Å². The largest absolute Gasteiger partial charge is 0.308 e. The van der Waals surface area contributed by atoms with Gasteiger partial charge in [0.05, 0.1) is 6.04 Å². The molecule has 114 valence electrons. The zero-order chi connectivity index (χ0) is 15.7. The standard InChI is InChI=1S/C11H10F5N5/c1-3-17-4(2)11-18-19-20-21(11)10-8(15)6(13)5(12)7(14)9(10)16/h4,17H,3H2,1-2H3. The molecule has 0 aliphatic carbocycles. The molecule has 1 unspecified atom stereocenters. The van der Waals surface area contributed by atoms with Crippen LogP contribution in [0.3, 0.4) is 0 Å². The monoisotopic (exact) mass is 307 g/mol. The quantitative estimate of drug-likeness (QED) is 0.533. The molecule has 1 aromatic heterocycles. The smallest absolute Gasteiger partial charge is 0.200 e. The van der Waals surface area contributed by atoms with E-state index >= 15 is 0 Å². The Morgan fingerprint density at radius 3 is 2.05 bits per heavy atom. The summed E-state index contributed by atoms with van der Waals surface area (Å²) in [5.74, 6) is -10.4. The van der Waals surface area contributed by atoms with Crippen LogP contribution < -0.4 is 5.32 Å². The van der Waals surface area contributed by atoms with Gasteiger partial charge in [-0.2, -0.15) is 4.68 Å². The van der Waals surface area contributed by atoms with Crippen molar-refractivity contribution in [3.05, 3.63) is 34.9 Å². The lowest BCUT2D eigenvalue weighted by Gasteiger charge is -2.13. The zero-order valence-electron chi connectivity index (χ0n) is 11.0. The third kappa shape index (κ3) is 2.46. The van der Waals surface area contributed by atoms with Crippen molar-refractivity contribution in [1.29, 1.82) is 0 Å². The van der Waals surface area contributed by atoms with Crippen LogP contribution >= 0.6 is 0 Å². The number of halogens is 5. The van der Waals surface area contributed by atoms with Gasteiger partial charge in [0.25, 0.3) is 0 Å². The summed E-state index contributed by atoms with van der Waals surface area (Å²) >= 11 is 0. The van der Waals surface area contributed by atoms with Crippen LogP contribution in [0.15, 0.2) is 0 Å². The van der Waals surface area contributed by atoms with Crippen LogP contribution in [0.4, 0.5) is 22.0 Å². The highest BCUT2D eigenvalue weighted by Crippen LogP contribution is 2.27. The predicted molar refractivity (Wildman–Crippen MR) is 61.0 cm³/mol. The van der Waals surface area contributed by atoms with E-state index in [9.17, 15) is 22.0 Å². The minimum absolute atomic E-state index is 0.0833. The maximum atomic E-state index is 13.7. The van der Waals surface area contributed by atoms with Crippen LogP contribution in [0.25, 0.3) is 5.69 Å². The van der Waals surface area contributed by atoms with Gasteiger partial charge < -0.3 is 5.32 Å². The number of benzene rings is 1. The molecule has 2 rings (SSSR count). The summed E-state index contributed by atoms with van der Waals surface area (Å²) in [5, 5.41) is 12.9. The SMILES string of the molecule is CCNC(C)c1nnnn1-c1c(F)c(F)c(F)c(F)c1F. The van der Waals surface area contributed by atoms with Crippen molar-refractivity contribution in [3.63, 3.8) is 0 Å². The lowest BCUT2D eigenvalue weighted by Crippen LogP contribution is -2.23. The van der Waals surface area contributed by atoms with E-state index in [0.29, 0.717) is 11.2 Å². The molecule has 0 saturated heterocycles. The molecular weight excluding hydrogens is 297 g/mol.